The summed E-state index contributed by atoms with van der Waals surface area (Å²) in [5.41, 5.74) is 6.24. The quantitative estimate of drug-likeness (QED) is 0.191. The van der Waals surface area contributed by atoms with Gasteiger partial charge in [-0.05, 0) is 35.2 Å². The maximum Gasteiger partial charge on any atom is 0.114 e. The molecule has 2 nitrogen and oxygen atoms in total. The van der Waals surface area contributed by atoms with Crippen LogP contribution in [0.4, 0.5) is 0 Å². The molecule has 172 valence electrons. The van der Waals surface area contributed by atoms with Gasteiger partial charge in [0.15, 0.2) is 0 Å². The highest BCUT2D eigenvalue weighted by Crippen LogP contribution is 2.23. The minimum Gasteiger partial charge on any atom is -0.328 e. The van der Waals surface area contributed by atoms with E-state index in [4.69, 9.17) is 4.98 Å². The van der Waals surface area contributed by atoms with Crippen LogP contribution in [0.25, 0.3) is 22.2 Å². The minimum absolute atomic E-state index is 0.876. The number of aromatic nitrogens is 2. The van der Waals surface area contributed by atoms with Crippen LogP contribution in [-0.2, 0) is 13.0 Å². The van der Waals surface area contributed by atoms with Crippen molar-refractivity contribution in [3.05, 3.63) is 90.3 Å². The van der Waals surface area contributed by atoms with Crippen molar-refractivity contribution in [2.75, 3.05) is 0 Å². The molecule has 0 spiro atoms. The second kappa shape index (κ2) is 12.4. The highest BCUT2D eigenvalue weighted by atomic mass is 15.1. The van der Waals surface area contributed by atoms with E-state index in [-0.39, 0.29) is 0 Å². The molecule has 0 radical (unpaired) electrons. The van der Waals surface area contributed by atoms with Crippen molar-refractivity contribution in [2.45, 2.75) is 77.7 Å². The van der Waals surface area contributed by atoms with E-state index in [1.807, 2.05) is 0 Å². The molecular weight excluding hydrogens is 400 g/mol. The number of rotatable bonds is 13. The Morgan fingerprint density at radius 1 is 0.606 bits per heavy atom. The third-order valence-corrected chi connectivity index (χ3v) is 6.64. The standard InChI is InChI=1S/C31H38N2/c1-2-3-4-5-6-7-8-9-15-24-33-30-19-14-13-18-29(30)32-31(33)25-26-20-22-28(23-21-26)27-16-11-10-12-17-27/h10-14,16-23H,2-9,15,24-25H2,1H3. The number of nitrogens with zero attached hydrogens (tertiary/aromatic N) is 2. The molecule has 0 N–H and O–H groups in total. The summed E-state index contributed by atoms with van der Waals surface area (Å²) in [5, 5.41) is 0. The van der Waals surface area contributed by atoms with Gasteiger partial charge in [0.1, 0.15) is 5.82 Å². The molecule has 0 saturated heterocycles. The molecule has 1 heterocycles. The molecule has 0 saturated carbocycles. The number of imidazole rings is 1. The van der Waals surface area contributed by atoms with Crippen LogP contribution in [0.15, 0.2) is 78.9 Å². The van der Waals surface area contributed by atoms with Gasteiger partial charge >= 0.3 is 0 Å². The van der Waals surface area contributed by atoms with Crippen molar-refractivity contribution in [2.24, 2.45) is 0 Å². The van der Waals surface area contributed by atoms with Gasteiger partial charge in [-0.3, -0.25) is 0 Å². The Morgan fingerprint density at radius 2 is 1.21 bits per heavy atom. The Labute approximate surface area is 199 Å². The summed E-state index contributed by atoms with van der Waals surface area (Å²) in [4.78, 5) is 5.01. The Bertz CT molecular complexity index is 1090. The maximum absolute atomic E-state index is 5.01. The monoisotopic (exact) mass is 438 g/mol. The molecule has 0 amide bonds. The number of benzene rings is 3. The molecule has 0 aliphatic carbocycles. The van der Waals surface area contributed by atoms with Gasteiger partial charge < -0.3 is 4.57 Å². The topological polar surface area (TPSA) is 17.8 Å². The van der Waals surface area contributed by atoms with E-state index in [1.54, 1.807) is 0 Å². The summed E-state index contributed by atoms with van der Waals surface area (Å²) in [6.45, 7) is 3.35. The summed E-state index contributed by atoms with van der Waals surface area (Å²) in [7, 11) is 0. The lowest BCUT2D eigenvalue weighted by Gasteiger charge is -2.10. The summed E-state index contributed by atoms with van der Waals surface area (Å²) >= 11 is 0. The lowest BCUT2D eigenvalue weighted by Crippen LogP contribution is -2.05. The van der Waals surface area contributed by atoms with Crippen molar-refractivity contribution in [1.82, 2.24) is 9.55 Å². The van der Waals surface area contributed by atoms with E-state index in [9.17, 15) is 0 Å². The highest BCUT2D eigenvalue weighted by molar-refractivity contribution is 5.76. The van der Waals surface area contributed by atoms with Crippen LogP contribution in [0.1, 0.15) is 76.1 Å². The van der Waals surface area contributed by atoms with Crippen LogP contribution >= 0.6 is 0 Å². The van der Waals surface area contributed by atoms with Crippen LogP contribution in [0, 0.1) is 0 Å². The predicted octanol–water partition coefficient (Wildman–Crippen LogP) is 8.82. The zero-order valence-corrected chi connectivity index (χ0v) is 20.2. The van der Waals surface area contributed by atoms with Gasteiger partial charge in [0.2, 0.25) is 0 Å². The van der Waals surface area contributed by atoms with Crippen LogP contribution in [0.2, 0.25) is 0 Å². The molecular formula is C31H38N2. The first-order valence-corrected chi connectivity index (χ1v) is 12.9. The van der Waals surface area contributed by atoms with Crippen molar-refractivity contribution in [3.63, 3.8) is 0 Å². The van der Waals surface area contributed by atoms with Crippen LogP contribution in [-0.4, -0.2) is 9.55 Å². The normalized spacial score (nSPS) is 11.3. The lowest BCUT2D eigenvalue weighted by atomic mass is 10.0. The number of aryl methyl sites for hydroxylation is 1. The number of fused-ring (bicyclic) bond motifs is 1. The number of hydrogen-bond donors (Lipinski definition) is 0. The third-order valence-electron chi connectivity index (χ3n) is 6.64. The molecule has 4 rings (SSSR count). The average molecular weight is 439 g/mol. The number of hydrogen-bond acceptors (Lipinski definition) is 1. The molecule has 0 bridgehead atoms. The van der Waals surface area contributed by atoms with E-state index >= 15 is 0 Å². The summed E-state index contributed by atoms with van der Waals surface area (Å²) in [6.07, 6.45) is 13.1. The van der Waals surface area contributed by atoms with Crippen LogP contribution in [0.5, 0.6) is 0 Å². The molecule has 0 aliphatic rings. The van der Waals surface area contributed by atoms with Gasteiger partial charge in [-0.2, -0.15) is 0 Å². The highest BCUT2D eigenvalue weighted by Gasteiger charge is 2.11. The molecule has 0 atom stereocenters. The van der Waals surface area contributed by atoms with E-state index in [0.717, 1.165) is 18.5 Å². The number of unbranched alkanes of at least 4 members (excludes halogenated alkanes) is 8. The molecule has 0 fully saturated rings. The molecule has 33 heavy (non-hydrogen) atoms. The summed E-state index contributed by atoms with van der Waals surface area (Å²) < 4.78 is 2.46. The van der Waals surface area contributed by atoms with Crippen molar-refractivity contribution < 1.29 is 0 Å². The molecule has 1 aromatic heterocycles. The number of para-hydroxylation sites is 2. The molecule has 0 unspecified atom stereocenters. The lowest BCUT2D eigenvalue weighted by molar-refractivity contribution is 0.537. The molecule has 0 aliphatic heterocycles. The van der Waals surface area contributed by atoms with Gasteiger partial charge in [0.25, 0.3) is 0 Å². The second-order valence-corrected chi connectivity index (χ2v) is 9.24. The zero-order chi connectivity index (χ0) is 22.7. The first kappa shape index (κ1) is 23.3. The summed E-state index contributed by atoms with van der Waals surface area (Å²) in [5.74, 6) is 1.18. The zero-order valence-electron chi connectivity index (χ0n) is 20.2. The van der Waals surface area contributed by atoms with E-state index in [2.05, 4.69) is 90.4 Å². The van der Waals surface area contributed by atoms with Gasteiger partial charge in [0.05, 0.1) is 11.0 Å². The first-order chi connectivity index (χ1) is 16.3. The molecule has 4 aromatic rings. The Balaban J connectivity index is 1.37. The van der Waals surface area contributed by atoms with Crippen LogP contribution in [0.3, 0.4) is 0 Å². The fourth-order valence-corrected chi connectivity index (χ4v) is 4.72. The van der Waals surface area contributed by atoms with Crippen molar-refractivity contribution in [3.8, 4) is 11.1 Å². The predicted molar refractivity (Wildman–Crippen MR) is 142 cm³/mol. The summed E-state index contributed by atoms with van der Waals surface area (Å²) in [6, 6.07) is 28.2. The molecule has 2 heteroatoms. The minimum atomic E-state index is 0.876. The maximum atomic E-state index is 5.01. The second-order valence-electron chi connectivity index (χ2n) is 9.24. The van der Waals surface area contributed by atoms with Gasteiger partial charge in [-0.1, -0.05) is 125 Å². The van der Waals surface area contributed by atoms with Gasteiger partial charge in [-0.25, -0.2) is 4.98 Å². The first-order valence-electron chi connectivity index (χ1n) is 12.9. The van der Waals surface area contributed by atoms with Gasteiger partial charge in [-0.15, -0.1) is 0 Å². The van der Waals surface area contributed by atoms with E-state index in [1.165, 1.54) is 85.8 Å². The Hall–Kier alpha value is -2.87. The largest absolute Gasteiger partial charge is 0.328 e. The fraction of sp³-hybridized carbons (Fsp3) is 0.387. The smallest absolute Gasteiger partial charge is 0.114 e. The van der Waals surface area contributed by atoms with E-state index < -0.39 is 0 Å². The van der Waals surface area contributed by atoms with Crippen molar-refractivity contribution >= 4 is 11.0 Å². The third kappa shape index (κ3) is 6.57. The van der Waals surface area contributed by atoms with Gasteiger partial charge in [0, 0.05) is 13.0 Å². The fourth-order valence-electron chi connectivity index (χ4n) is 4.72. The Kier molecular flexibility index (Phi) is 8.75. The SMILES string of the molecule is CCCCCCCCCCCn1c(Cc2ccc(-c3ccccc3)cc2)nc2ccccc21. The van der Waals surface area contributed by atoms with Crippen LogP contribution < -0.4 is 0 Å². The van der Waals surface area contributed by atoms with E-state index in [0.29, 0.717) is 0 Å². The van der Waals surface area contributed by atoms with Crippen molar-refractivity contribution in [1.29, 1.82) is 0 Å². The Morgan fingerprint density at radius 3 is 1.94 bits per heavy atom. The molecule has 3 aromatic carbocycles. The average Bonchev–Trinajstić information content (AvgIpc) is 3.21.